The maximum absolute atomic E-state index is 5.54. The van der Waals surface area contributed by atoms with Crippen molar-refractivity contribution in [3.63, 3.8) is 0 Å². The van der Waals surface area contributed by atoms with E-state index in [-0.39, 0.29) is 0 Å². The van der Waals surface area contributed by atoms with Crippen molar-refractivity contribution in [2.45, 2.75) is 37.8 Å². The maximum Gasteiger partial charge on any atom is 0.500 e. The summed E-state index contributed by atoms with van der Waals surface area (Å²) in [5.41, 5.74) is 0. The van der Waals surface area contributed by atoms with Crippen LogP contribution in [-0.2, 0) is 33.0 Å². The molecule has 1 aromatic rings. The molecule has 0 bridgehead atoms. The average molecular weight is 450 g/mol. The van der Waals surface area contributed by atoms with Crippen molar-refractivity contribution in [2.24, 2.45) is 0 Å². The number of nitrogens with zero attached hydrogens (tertiary/aromatic N) is 2. The molecule has 1 rings (SSSR count). The van der Waals surface area contributed by atoms with Gasteiger partial charge in [0.05, 0.1) is 0 Å². The van der Waals surface area contributed by atoms with E-state index in [1.54, 1.807) is 48.9 Å². The Kier molecular flexibility index (Phi) is 13.1. The zero-order chi connectivity index (χ0) is 21.6. The van der Waals surface area contributed by atoms with Crippen molar-refractivity contribution in [3.05, 3.63) is 18.2 Å². The Hall–Kier alpha value is -0.636. The van der Waals surface area contributed by atoms with E-state index in [9.17, 15) is 0 Å². The van der Waals surface area contributed by atoms with E-state index in [1.807, 2.05) is 6.20 Å². The van der Waals surface area contributed by atoms with Crippen molar-refractivity contribution in [1.82, 2.24) is 14.9 Å². The predicted molar refractivity (Wildman–Crippen MR) is 116 cm³/mol. The molecule has 1 heterocycles. The number of nitrogens with one attached hydrogen (secondary N) is 1. The molecule has 0 radical (unpaired) electrons. The Morgan fingerprint density at radius 3 is 1.59 bits per heavy atom. The number of aromatic amines is 1. The minimum absolute atomic E-state index is 0.790. The van der Waals surface area contributed by atoms with Gasteiger partial charge in [0.2, 0.25) is 0 Å². The Labute approximate surface area is 177 Å². The van der Waals surface area contributed by atoms with Gasteiger partial charge in [0.1, 0.15) is 5.82 Å². The highest BCUT2D eigenvalue weighted by atomic mass is 28.4. The number of aromatic nitrogens is 2. The number of H-pyrrole nitrogens is 1. The Balaban J connectivity index is 2.55. The topological polar surface area (TPSA) is 87.3 Å². The normalized spacial score (nSPS) is 12.8. The molecule has 0 saturated heterocycles. The second-order valence-electron chi connectivity index (χ2n) is 6.78. The molecule has 9 nitrogen and oxygen atoms in total. The fraction of sp³-hybridized carbons (Fsp3) is 0.833. The summed E-state index contributed by atoms with van der Waals surface area (Å²) in [5.74, 6) is 1.03. The van der Waals surface area contributed by atoms with E-state index < -0.39 is 17.6 Å². The third-order valence-electron chi connectivity index (χ3n) is 5.22. The second-order valence-corrected chi connectivity index (χ2v) is 13.0. The third kappa shape index (κ3) is 8.94. The number of hydrogen-bond donors (Lipinski definition) is 1. The van der Waals surface area contributed by atoms with Gasteiger partial charge in [-0.15, -0.1) is 0 Å². The van der Waals surface area contributed by atoms with E-state index >= 15 is 0 Å². The summed E-state index contributed by atoms with van der Waals surface area (Å²) < 4.78 is 33.2. The van der Waals surface area contributed by atoms with Crippen LogP contribution in [0, 0.1) is 0 Å². The van der Waals surface area contributed by atoms with Crippen LogP contribution in [0.25, 0.3) is 0 Å². The molecule has 0 aromatic carbocycles. The van der Waals surface area contributed by atoms with Crippen LogP contribution in [-0.4, -0.2) is 94.8 Å². The summed E-state index contributed by atoms with van der Waals surface area (Å²) in [4.78, 5) is 9.93. The molecule has 0 fully saturated rings. The molecule has 29 heavy (non-hydrogen) atoms. The first kappa shape index (κ1) is 26.4. The fourth-order valence-electron chi connectivity index (χ4n) is 3.39. The van der Waals surface area contributed by atoms with E-state index in [0.717, 1.165) is 63.2 Å². The van der Waals surface area contributed by atoms with Gasteiger partial charge in [0.15, 0.2) is 0 Å². The molecule has 11 heteroatoms. The monoisotopic (exact) mass is 449 g/mol. The van der Waals surface area contributed by atoms with Gasteiger partial charge in [-0.2, -0.15) is 0 Å². The first-order valence-corrected chi connectivity index (χ1v) is 13.9. The zero-order valence-corrected chi connectivity index (χ0v) is 20.9. The highest BCUT2D eigenvalue weighted by Gasteiger charge is 2.38. The van der Waals surface area contributed by atoms with Gasteiger partial charge in [0.25, 0.3) is 0 Å². The molecule has 0 unspecified atom stereocenters. The van der Waals surface area contributed by atoms with Crippen LogP contribution in [0.4, 0.5) is 0 Å². The smallest absolute Gasteiger partial charge is 0.377 e. The molecule has 0 atom stereocenters. The maximum atomic E-state index is 5.54. The summed E-state index contributed by atoms with van der Waals surface area (Å²) in [6.45, 7) is 2.89. The molecule has 0 spiro atoms. The van der Waals surface area contributed by atoms with Crippen molar-refractivity contribution < 1.29 is 26.6 Å². The highest BCUT2D eigenvalue weighted by molar-refractivity contribution is 6.60. The Bertz CT molecular complexity index is 473. The van der Waals surface area contributed by atoms with Gasteiger partial charge in [-0.1, -0.05) is 0 Å². The summed E-state index contributed by atoms with van der Waals surface area (Å²) in [6, 6.07) is 1.58. The van der Waals surface area contributed by atoms with Crippen molar-refractivity contribution in [1.29, 1.82) is 0 Å². The molecule has 1 N–H and O–H groups in total. The first-order chi connectivity index (χ1) is 14.0. The van der Waals surface area contributed by atoms with E-state index in [1.165, 1.54) is 0 Å². The lowest BCUT2D eigenvalue weighted by Gasteiger charge is -2.28. The minimum Gasteiger partial charge on any atom is -0.377 e. The van der Waals surface area contributed by atoms with Crippen LogP contribution in [0.3, 0.4) is 0 Å². The predicted octanol–water partition coefficient (Wildman–Crippen LogP) is 2.18. The van der Waals surface area contributed by atoms with Crippen LogP contribution >= 0.6 is 0 Å². The molecular weight excluding hydrogens is 410 g/mol. The van der Waals surface area contributed by atoms with Crippen LogP contribution < -0.4 is 0 Å². The number of imidazole rings is 1. The standard InChI is InChI=1S/C18H39N3O6Si2/c1-22-28(23-2,24-3)16-8-14-21(13-7-10-18-19-11-12-20-18)15-9-17-29(25-4,26-5)27-6/h11-12H,7-10,13-17H2,1-6H3,(H,19,20). The van der Waals surface area contributed by atoms with Gasteiger partial charge in [-0.05, 0) is 38.9 Å². The lowest BCUT2D eigenvalue weighted by Crippen LogP contribution is -2.44. The van der Waals surface area contributed by atoms with Crippen molar-refractivity contribution in [2.75, 3.05) is 62.3 Å². The molecular formula is C18H39N3O6Si2. The van der Waals surface area contributed by atoms with Gasteiger partial charge < -0.3 is 36.4 Å². The van der Waals surface area contributed by atoms with Gasteiger partial charge >= 0.3 is 17.6 Å². The molecule has 0 aliphatic heterocycles. The largest absolute Gasteiger partial charge is 0.500 e. The third-order valence-corrected chi connectivity index (χ3v) is 10.9. The number of rotatable bonds is 18. The second kappa shape index (κ2) is 14.4. The van der Waals surface area contributed by atoms with Gasteiger partial charge in [-0.25, -0.2) is 4.98 Å². The molecule has 0 aliphatic carbocycles. The quantitative estimate of drug-likeness (QED) is 0.341. The van der Waals surface area contributed by atoms with E-state index in [0.29, 0.717) is 0 Å². The molecule has 0 aliphatic rings. The molecule has 170 valence electrons. The summed E-state index contributed by atoms with van der Waals surface area (Å²) in [7, 11) is 4.88. The van der Waals surface area contributed by atoms with Crippen LogP contribution in [0.2, 0.25) is 12.1 Å². The summed E-state index contributed by atoms with van der Waals surface area (Å²) in [5, 5.41) is 0. The van der Waals surface area contributed by atoms with E-state index in [4.69, 9.17) is 26.6 Å². The number of aryl methyl sites for hydroxylation is 1. The molecule has 1 aromatic heterocycles. The Morgan fingerprint density at radius 2 is 1.21 bits per heavy atom. The van der Waals surface area contributed by atoms with Crippen LogP contribution in [0.15, 0.2) is 12.4 Å². The Morgan fingerprint density at radius 1 is 0.759 bits per heavy atom. The van der Waals surface area contributed by atoms with Gasteiger partial charge in [-0.3, -0.25) is 0 Å². The lowest BCUT2D eigenvalue weighted by atomic mass is 10.2. The van der Waals surface area contributed by atoms with Crippen molar-refractivity contribution in [3.8, 4) is 0 Å². The first-order valence-electron chi connectivity index (χ1n) is 10.0. The summed E-state index contributed by atoms with van der Waals surface area (Å²) >= 11 is 0. The van der Waals surface area contributed by atoms with Crippen LogP contribution in [0.5, 0.6) is 0 Å². The zero-order valence-electron chi connectivity index (χ0n) is 18.9. The van der Waals surface area contributed by atoms with Crippen molar-refractivity contribution >= 4 is 17.6 Å². The minimum atomic E-state index is -2.53. The average Bonchev–Trinajstić information content (AvgIpc) is 3.28. The lowest BCUT2D eigenvalue weighted by molar-refractivity contribution is 0.119. The van der Waals surface area contributed by atoms with Crippen LogP contribution in [0.1, 0.15) is 25.1 Å². The molecule has 0 saturated carbocycles. The fourth-order valence-corrected chi connectivity index (χ4v) is 6.80. The van der Waals surface area contributed by atoms with E-state index in [2.05, 4.69) is 14.9 Å². The molecule has 0 amide bonds. The highest BCUT2D eigenvalue weighted by Crippen LogP contribution is 2.18. The van der Waals surface area contributed by atoms with Gasteiger partial charge in [0, 0.05) is 73.6 Å². The summed E-state index contributed by atoms with van der Waals surface area (Å²) in [6.07, 6.45) is 7.53. The SMILES string of the molecule is CO[Si](CCCN(CCCc1ncc[nH]1)CCC[Si](OC)(OC)OC)(OC)OC. The number of hydrogen-bond acceptors (Lipinski definition) is 8.